The molecular weight excluding hydrogens is 240 g/mol. The van der Waals surface area contributed by atoms with E-state index in [0.717, 1.165) is 25.7 Å². The highest BCUT2D eigenvalue weighted by Gasteiger charge is 2.49. The lowest BCUT2D eigenvalue weighted by Crippen LogP contribution is -2.48. The van der Waals surface area contributed by atoms with Crippen LogP contribution in [-0.2, 0) is 14.3 Å². The third-order valence-electron chi connectivity index (χ3n) is 3.86. The number of ether oxygens (including phenoxy) is 2. The molecule has 3 heteroatoms. The third-order valence-corrected chi connectivity index (χ3v) is 3.86. The van der Waals surface area contributed by atoms with Crippen LogP contribution in [0.3, 0.4) is 0 Å². The minimum atomic E-state index is -0.534. The smallest absolute Gasteiger partial charge is 0.314 e. The largest absolute Gasteiger partial charge is 0.465 e. The molecule has 19 heavy (non-hydrogen) atoms. The van der Waals surface area contributed by atoms with E-state index < -0.39 is 5.41 Å². The minimum Gasteiger partial charge on any atom is -0.465 e. The van der Waals surface area contributed by atoms with Crippen LogP contribution in [0.5, 0.6) is 0 Å². The summed E-state index contributed by atoms with van der Waals surface area (Å²) in [7, 11) is 0. The van der Waals surface area contributed by atoms with Gasteiger partial charge in [0.1, 0.15) is 0 Å². The molecule has 0 aromatic carbocycles. The summed E-state index contributed by atoms with van der Waals surface area (Å²) < 4.78 is 11.0. The number of carbonyl (C=O) groups is 1. The summed E-state index contributed by atoms with van der Waals surface area (Å²) in [4.78, 5) is 12.5. The van der Waals surface area contributed by atoms with Crippen molar-refractivity contribution < 1.29 is 14.3 Å². The molecule has 1 atom stereocenters. The lowest BCUT2D eigenvalue weighted by atomic mass is 9.64. The SMILES string of the molecule is CCCCCC(COCC)(C(=O)OCC)C(C)(C)C. The van der Waals surface area contributed by atoms with Crippen LogP contribution in [0.2, 0.25) is 0 Å². The number of hydrogen-bond acceptors (Lipinski definition) is 3. The van der Waals surface area contributed by atoms with Gasteiger partial charge in [-0.3, -0.25) is 4.79 Å². The Bertz CT molecular complexity index is 255. The molecule has 0 spiro atoms. The van der Waals surface area contributed by atoms with Crippen molar-refractivity contribution >= 4 is 5.97 Å². The Morgan fingerprint density at radius 2 is 1.63 bits per heavy atom. The number of rotatable bonds is 9. The molecule has 0 fully saturated rings. The molecule has 114 valence electrons. The summed E-state index contributed by atoms with van der Waals surface area (Å²) in [6, 6.07) is 0. The first-order valence-corrected chi connectivity index (χ1v) is 7.60. The van der Waals surface area contributed by atoms with Gasteiger partial charge in [0.05, 0.1) is 18.6 Å². The van der Waals surface area contributed by atoms with Gasteiger partial charge < -0.3 is 9.47 Å². The van der Waals surface area contributed by atoms with Crippen molar-refractivity contribution in [1.82, 2.24) is 0 Å². The first kappa shape index (κ1) is 18.4. The Balaban J connectivity index is 5.14. The van der Waals surface area contributed by atoms with Gasteiger partial charge in [-0.1, -0.05) is 47.0 Å². The molecule has 0 saturated carbocycles. The predicted molar refractivity (Wildman–Crippen MR) is 79.2 cm³/mol. The van der Waals surface area contributed by atoms with Crippen LogP contribution in [0.4, 0.5) is 0 Å². The number of unbranched alkanes of at least 4 members (excludes halogenated alkanes) is 2. The molecule has 3 nitrogen and oxygen atoms in total. The van der Waals surface area contributed by atoms with E-state index >= 15 is 0 Å². The Hall–Kier alpha value is -0.570. The second-order valence-electron chi connectivity index (χ2n) is 6.15. The quantitative estimate of drug-likeness (QED) is 0.466. The lowest BCUT2D eigenvalue weighted by molar-refractivity contribution is -0.170. The molecule has 0 bridgehead atoms. The van der Waals surface area contributed by atoms with Crippen molar-refractivity contribution in [2.24, 2.45) is 10.8 Å². The normalized spacial score (nSPS) is 15.1. The molecule has 0 heterocycles. The van der Waals surface area contributed by atoms with Crippen LogP contribution < -0.4 is 0 Å². The molecule has 0 saturated heterocycles. The molecule has 0 radical (unpaired) electrons. The van der Waals surface area contributed by atoms with Gasteiger partial charge in [-0.25, -0.2) is 0 Å². The standard InChI is InChI=1S/C16H32O3/c1-7-10-11-12-16(13-18-8-2,15(4,5)6)14(17)19-9-3/h7-13H2,1-6H3. The van der Waals surface area contributed by atoms with Crippen molar-refractivity contribution in [2.75, 3.05) is 19.8 Å². The number of esters is 1. The zero-order valence-electron chi connectivity index (χ0n) is 13.7. The molecule has 0 aliphatic rings. The maximum Gasteiger partial charge on any atom is 0.314 e. The van der Waals surface area contributed by atoms with Gasteiger partial charge in [0.15, 0.2) is 0 Å². The predicted octanol–water partition coefficient (Wildman–Crippen LogP) is 4.20. The molecule has 0 aliphatic carbocycles. The maximum absolute atomic E-state index is 12.5. The van der Waals surface area contributed by atoms with E-state index in [9.17, 15) is 4.79 Å². The van der Waals surface area contributed by atoms with E-state index in [4.69, 9.17) is 9.47 Å². The Kier molecular flexibility index (Phi) is 8.31. The highest BCUT2D eigenvalue weighted by atomic mass is 16.5. The highest BCUT2D eigenvalue weighted by molar-refractivity contribution is 5.78. The summed E-state index contributed by atoms with van der Waals surface area (Å²) in [6.07, 6.45) is 4.17. The topological polar surface area (TPSA) is 35.5 Å². The summed E-state index contributed by atoms with van der Waals surface area (Å²) in [5.74, 6) is -0.105. The third kappa shape index (κ3) is 5.13. The zero-order chi connectivity index (χ0) is 14.9. The number of carbonyl (C=O) groups excluding carboxylic acids is 1. The molecule has 0 aliphatic heterocycles. The average Bonchev–Trinajstić information content (AvgIpc) is 2.32. The second kappa shape index (κ2) is 8.57. The Labute approximate surface area is 119 Å². The minimum absolute atomic E-state index is 0.105. The summed E-state index contributed by atoms with van der Waals surface area (Å²) >= 11 is 0. The van der Waals surface area contributed by atoms with E-state index in [0.29, 0.717) is 19.8 Å². The molecule has 0 amide bonds. The van der Waals surface area contributed by atoms with Gasteiger partial charge in [-0.15, -0.1) is 0 Å². The molecule has 0 N–H and O–H groups in total. The fraction of sp³-hybridized carbons (Fsp3) is 0.938. The van der Waals surface area contributed by atoms with Crippen LogP contribution in [0.15, 0.2) is 0 Å². The Morgan fingerprint density at radius 1 is 1.00 bits per heavy atom. The van der Waals surface area contributed by atoms with Crippen molar-refractivity contribution in [3.05, 3.63) is 0 Å². The fourth-order valence-electron chi connectivity index (χ4n) is 2.35. The van der Waals surface area contributed by atoms with Crippen molar-refractivity contribution in [3.8, 4) is 0 Å². The zero-order valence-corrected chi connectivity index (χ0v) is 13.7. The first-order valence-electron chi connectivity index (χ1n) is 7.60. The van der Waals surface area contributed by atoms with E-state index in [1.807, 2.05) is 13.8 Å². The summed E-state index contributed by atoms with van der Waals surface area (Å²) in [5, 5.41) is 0. The summed E-state index contributed by atoms with van der Waals surface area (Å²) in [6.45, 7) is 13.8. The van der Waals surface area contributed by atoms with Gasteiger partial charge in [-0.2, -0.15) is 0 Å². The van der Waals surface area contributed by atoms with Gasteiger partial charge in [0.2, 0.25) is 0 Å². The Morgan fingerprint density at radius 3 is 2.05 bits per heavy atom. The molecule has 1 unspecified atom stereocenters. The lowest BCUT2D eigenvalue weighted by Gasteiger charge is -2.42. The van der Waals surface area contributed by atoms with E-state index in [1.165, 1.54) is 0 Å². The van der Waals surface area contributed by atoms with Gasteiger partial charge >= 0.3 is 5.97 Å². The first-order chi connectivity index (χ1) is 8.85. The van der Waals surface area contributed by atoms with Crippen LogP contribution in [0.1, 0.15) is 67.2 Å². The summed E-state index contributed by atoms with van der Waals surface area (Å²) in [5.41, 5.74) is -0.698. The van der Waals surface area contributed by atoms with Crippen LogP contribution in [-0.4, -0.2) is 25.8 Å². The van der Waals surface area contributed by atoms with Crippen LogP contribution in [0, 0.1) is 10.8 Å². The molecule has 0 rings (SSSR count). The second-order valence-corrected chi connectivity index (χ2v) is 6.15. The van der Waals surface area contributed by atoms with E-state index in [1.54, 1.807) is 0 Å². The highest BCUT2D eigenvalue weighted by Crippen LogP contribution is 2.44. The van der Waals surface area contributed by atoms with Crippen molar-refractivity contribution in [1.29, 1.82) is 0 Å². The monoisotopic (exact) mass is 272 g/mol. The fourth-order valence-corrected chi connectivity index (χ4v) is 2.35. The van der Waals surface area contributed by atoms with Gasteiger partial charge in [0.25, 0.3) is 0 Å². The van der Waals surface area contributed by atoms with Crippen LogP contribution in [0.25, 0.3) is 0 Å². The van der Waals surface area contributed by atoms with Crippen molar-refractivity contribution in [2.45, 2.75) is 67.2 Å². The molecular formula is C16H32O3. The molecule has 0 aromatic rings. The van der Waals surface area contributed by atoms with Gasteiger partial charge in [0, 0.05) is 6.61 Å². The van der Waals surface area contributed by atoms with E-state index in [-0.39, 0.29) is 11.4 Å². The number of hydrogen-bond donors (Lipinski definition) is 0. The van der Waals surface area contributed by atoms with Crippen molar-refractivity contribution in [3.63, 3.8) is 0 Å². The van der Waals surface area contributed by atoms with Gasteiger partial charge in [-0.05, 0) is 25.7 Å². The average molecular weight is 272 g/mol. The molecule has 0 aromatic heterocycles. The van der Waals surface area contributed by atoms with Crippen LogP contribution >= 0.6 is 0 Å². The maximum atomic E-state index is 12.5. The van der Waals surface area contributed by atoms with E-state index in [2.05, 4.69) is 27.7 Å².